The Labute approximate surface area is 118 Å². The van der Waals surface area contributed by atoms with E-state index in [2.05, 4.69) is 36.3 Å². The number of carbonyl (C=O) groups excluding carboxylic acids is 1. The molecular weight excluding hydrogens is 250 g/mol. The Bertz CT molecular complexity index is 644. The Kier molecular flexibility index (Phi) is 3.26. The summed E-state index contributed by atoms with van der Waals surface area (Å²) in [5.74, 6) is 0.285. The summed E-state index contributed by atoms with van der Waals surface area (Å²) in [7, 11) is 0. The van der Waals surface area contributed by atoms with E-state index in [9.17, 15) is 4.79 Å². The minimum absolute atomic E-state index is 0.170. The third-order valence-electron chi connectivity index (χ3n) is 4.06. The predicted octanol–water partition coefficient (Wildman–Crippen LogP) is 2.25. The molecule has 4 heteroatoms. The molecule has 0 saturated heterocycles. The molecule has 106 valence electrons. The van der Waals surface area contributed by atoms with Crippen LogP contribution in [0.1, 0.15) is 37.6 Å². The Balaban J connectivity index is 2.09. The van der Waals surface area contributed by atoms with E-state index < -0.39 is 0 Å². The Hall–Kier alpha value is -1.81. The molecule has 1 aliphatic heterocycles. The summed E-state index contributed by atoms with van der Waals surface area (Å²) < 4.78 is 0. The van der Waals surface area contributed by atoms with Crippen LogP contribution in [0.2, 0.25) is 0 Å². The number of carbonyl (C=O) groups is 1. The number of nitrogens with two attached hydrogens (primary N) is 1. The maximum atomic E-state index is 11.6. The molecule has 0 aliphatic carbocycles. The van der Waals surface area contributed by atoms with Gasteiger partial charge in [0.15, 0.2) is 0 Å². The number of para-hydroxylation sites is 1. The first kappa shape index (κ1) is 13.2. The lowest BCUT2D eigenvalue weighted by Crippen LogP contribution is -2.48. The lowest BCUT2D eigenvalue weighted by molar-refractivity contribution is -0.120. The third kappa shape index (κ3) is 2.20. The van der Waals surface area contributed by atoms with Gasteiger partial charge in [-0.3, -0.25) is 10.1 Å². The van der Waals surface area contributed by atoms with Crippen molar-refractivity contribution in [2.45, 2.75) is 38.8 Å². The van der Waals surface area contributed by atoms with Gasteiger partial charge < -0.3 is 10.7 Å². The fourth-order valence-electron chi connectivity index (χ4n) is 3.17. The topological polar surface area (TPSA) is 70.9 Å². The quantitative estimate of drug-likeness (QED) is 0.801. The summed E-state index contributed by atoms with van der Waals surface area (Å²) in [5.41, 5.74) is 9.12. The molecule has 3 rings (SSSR count). The zero-order valence-corrected chi connectivity index (χ0v) is 11.9. The number of fused-ring (bicyclic) bond motifs is 3. The van der Waals surface area contributed by atoms with Crippen molar-refractivity contribution in [1.82, 2.24) is 10.3 Å². The van der Waals surface area contributed by atoms with Crippen molar-refractivity contribution < 1.29 is 4.79 Å². The number of nitrogens with one attached hydrogen (secondary N) is 2. The molecule has 2 atom stereocenters. The maximum absolute atomic E-state index is 11.6. The van der Waals surface area contributed by atoms with Crippen molar-refractivity contribution in [3.05, 3.63) is 35.5 Å². The molecule has 0 fully saturated rings. The summed E-state index contributed by atoms with van der Waals surface area (Å²) in [5, 5.41) is 4.61. The van der Waals surface area contributed by atoms with Crippen LogP contribution in [0.15, 0.2) is 24.3 Å². The van der Waals surface area contributed by atoms with Crippen LogP contribution in [-0.2, 0) is 11.2 Å². The maximum Gasteiger partial charge on any atom is 0.234 e. The monoisotopic (exact) mass is 271 g/mol. The van der Waals surface area contributed by atoms with Crippen LogP contribution in [0.25, 0.3) is 10.9 Å². The van der Waals surface area contributed by atoms with E-state index in [1.54, 1.807) is 0 Å². The van der Waals surface area contributed by atoms with Crippen LogP contribution in [-0.4, -0.2) is 16.9 Å². The van der Waals surface area contributed by atoms with Crippen LogP contribution in [0.4, 0.5) is 0 Å². The number of hydrogen-bond acceptors (Lipinski definition) is 2. The lowest BCUT2D eigenvalue weighted by atomic mass is 9.89. The minimum atomic E-state index is -0.273. The van der Waals surface area contributed by atoms with E-state index in [1.807, 2.05) is 12.1 Å². The summed E-state index contributed by atoms with van der Waals surface area (Å²) in [6.45, 7) is 4.38. The first-order chi connectivity index (χ1) is 9.56. The summed E-state index contributed by atoms with van der Waals surface area (Å²) in [6, 6.07) is 8.16. The lowest BCUT2D eigenvalue weighted by Gasteiger charge is -2.30. The average molecular weight is 271 g/mol. The zero-order chi connectivity index (χ0) is 14.3. The van der Waals surface area contributed by atoms with Gasteiger partial charge in [-0.2, -0.15) is 0 Å². The molecule has 1 aromatic carbocycles. The van der Waals surface area contributed by atoms with Crippen LogP contribution in [0.3, 0.4) is 0 Å². The molecule has 4 N–H and O–H groups in total. The number of hydrogen-bond donors (Lipinski definition) is 3. The predicted molar refractivity (Wildman–Crippen MR) is 80.3 cm³/mol. The molecule has 0 bridgehead atoms. The van der Waals surface area contributed by atoms with Crippen LogP contribution in [0.5, 0.6) is 0 Å². The molecule has 0 radical (unpaired) electrons. The van der Waals surface area contributed by atoms with Crippen LogP contribution in [0, 0.1) is 5.92 Å². The van der Waals surface area contributed by atoms with Gasteiger partial charge in [-0.15, -0.1) is 0 Å². The van der Waals surface area contributed by atoms with Gasteiger partial charge in [0.05, 0.1) is 6.04 Å². The molecule has 1 amide bonds. The second-order valence-electron chi connectivity index (χ2n) is 6.07. The van der Waals surface area contributed by atoms with E-state index in [0.717, 1.165) is 11.9 Å². The standard InChI is InChI=1S/C16H21N3O/c1-9(2)7-13-15-11(8-14(18-13)16(17)20)10-5-3-4-6-12(10)19-15/h3-6,9,13-14,18-19H,7-8H2,1-2H3,(H2,17,20)/t13?,14-/m1/s1. The normalized spacial score (nSPS) is 22.1. The number of amides is 1. The minimum Gasteiger partial charge on any atom is -0.368 e. The van der Waals surface area contributed by atoms with E-state index in [4.69, 9.17) is 5.73 Å². The first-order valence-electron chi connectivity index (χ1n) is 7.21. The van der Waals surface area contributed by atoms with Crippen molar-refractivity contribution in [3.63, 3.8) is 0 Å². The number of aromatic nitrogens is 1. The highest BCUT2D eigenvalue weighted by Gasteiger charge is 2.32. The van der Waals surface area contributed by atoms with Crippen molar-refractivity contribution in [3.8, 4) is 0 Å². The van der Waals surface area contributed by atoms with Gasteiger partial charge in [0.2, 0.25) is 5.91 Å². The largest absolute Gasteiger partial charge is 0.368 e. The molecule has 1 aromatic heterocycles. The highest BCUT2D eigenvalue weighted by atomic mass is 16.1. The van der Waals surface area contributed by atoms with Gasteiger partial charge >= 0.3 is 0 Å². The van der Waals surface area contributed by atoms with E-state index in [1.165, 1.54) is 16.6 Å². The Morgan fingerprint density at radius 2 is 2.15 bits per heavy atom. The molecule has 20 heavy (non-hydrogen) atoms. The van der Waals surface area contributed by atoms with Crippen LogP contribution >= 0.6 is 0 Å². The van der Waals surface area contributed by atoms with Gasteiger partial charge in [-0.25, -0.2) is 0 Å². The fraction of sp³-hybridized carbons (Fsp3) is 0.438. The third-order valence-corrected chi connectivity index (χ3v) is 4.06. The summed E-state index contributed by atoms with van der Waals surface area (Å²) >= 11 is 0. The SMILES string of the molecule is CC(C)CC1N[C@@H](C(N)=O)Cc2c1[nH]c1ccccc21. The summed E-state index contributed by atoms with van der Waals surface area (Å²) in [4.78, 5) is 15.1. The smallest absolute Gasteiger partial charge is 0.234 e. The first-order valence-corrected chi connectivity index (χ1v) is 7.21. The average Bonchev–Trinajstić information content (AvgIpc) is 2.77. The van der Waals surface area contributed by atoms with Crippen molar-refractivity contribution in [1.29, 1.82) is 0 Å². The molecule has 1 unspecified atom stereocenters. The molecule has 1 aliphatic rings. The molecule has 4 nitrogen and oxygen atoms in total. The summed E-state index contributed by atoms with van der Waals surface area (Å²) in [6.07, 6.45) is 1.66. The van der Waals surface area contributed by atoms with Crippen molar-refractivity contribution in [2.75, 3.05) is 0 Å². The zero-order valence-electron chi connectivity index (χ0n) is 11.9. The van der Waals surface area contributed by atoms with Gasteiger partial charge in [0, 0.05) is 22.6 Å². The molecule has 0 spiro atoms. The van der Waals surface area contributed by atoms with Crippen LogP contribution < -0.4 is 11.1 Å². The highest BCUT2D eigenvalue weighted by molar-refractivity contribution is 5.87. The number of benzene rings is 1. The number of aromatic amines is 1. The second kappa shape index (κ2) is 4.94. The fourth-order valence-corrected chi connectivity index (χ4v) is 3.17. The number of H-pyrrole nitrogens is 1. The highest BCUT2D eigenvalue weighted by Crippen LogP contribution is 2.34. The van der Waals surface area contributed by atoms with Gasteiger partial charge in [0.1, 0.15) is 0 Å². The molecular formula is C16H21N3O. The van der Waals surface area contributed by atoms with E-state index in [0.29, 0.717) is 12.3 Å². The Morgan fingerprint density at radius 1 is 1.40 bits per heavy atom. The Morgan fingerprint density at radius 3 is 2.85 bits per heavy atom. The number of rotatable bonds is 3. The van der Waals surface area contributed by atoms with Crippen molar-refractivity contribution in [2.24, 2.45) is 11.7 Å². The van der Waals surface area contributed by atoms with Gasteiger partial charge in [-0.05, 0) is 30.4 Å². The van der Waals surface area contributed by atoms with Gasteiger partial charge in [0.25, 0.3) is 0 Å². The molecule has 2 aromatic rings. The van der Waals surface area contributed by atoms with Crippen molar-refractivity contribution >= 4 is 16.8 Å². The number of primary amides is 1. The van der Waals surface area contributed by atoms with E-state index in [-0.39, 0.29) is 18.0 Å². The molecule has 0 saturated carbocycles. The van der Waals surface area contributed by atoms with E-state index >= 15 is 0 Å². The second-order valence-corrected chi connectivity index (χ2v) is 6.07. The molecule has 2 heterocycles. The van der Waals surface area contributed by atoms with Gasteiger partial charge in [-0.1, -0.05) is 32.0 Å².